The van der Waals surface area contributed by atoms with Gasteiger partial charge in [0.05, 0.1) is 0 Å². The van der Waals surface area contributed by atoms with E-state index in [0.29, 0.717) is 0 Å². The zero-order valence-corrected chi connectivity index (χ0v) is 23.1. The molecule has 0 aliphatic carbocycles. The smallest absolute Gasteiger partial charge is 0.332 e. The van der Waals surface area contributed by atoms with E-state index in [1.54, 1.807) is 0 Å². The molecule has 0 aromatic rings. The van der Waals surface area contributed by atoms with E-state index < -0.39 is 107 Å². The van der Waals surface area contributed by atoms with E-state index in [9.17, 15) is 123 Å². The molecule has 2 aliphatic heterocycles. The molecular formula is C18F34O3. The first-order valence-electron chi connectivity index (χ1n) is 11.7. The second-order valence-electron chi connectivity index (χ2n) is 10.5. The van der Waals surface area contributed by atoms with Crippen LogP contribution in [0.1, 0.15) is 0 Å². The van der Waals surface area contributed by atoms with Crippen molar-refractivity contribution in [3.63, 3.8) is 0 Å². The molecule has 55 heavy (non-hydrogen) atoms. The number of epoxide rings is 2. The van der Waals surface area contributed by atoms with Crippen molar-refractivity contribution in [3.05, 3.63) is 0 Å². The fourth-order valence-electron chi connectivity index (χ4n) is 4.27. The van der Waals surface area contributed by atoms with E-state index in [1.807, 2.05) is 0 Å². The van der Waals surface area contributed by atoms with Crippen molar-refractivity contribution in [1.82, 2.24) is 0 Å². The number of alkyl halides is 34. The fraction of sp³-hybridized carbons (Fsp3) is 1.00. The SMILES string of the molecule is FC(F)(F)C(F)(F)C(F)(F)C(F)(F)C(OC(C(F)(F)C(F)(F)F)(C(F)(F)C(F)(F)C(F)(F)C(F)(F)F)C1(F)OC1(F)F)(C(F)(F)C(F)(F)F)C1(F)OC1(F)F. The van der Waals surface area contributed by atoms with Crippen LogP contribution in [-0.2, 0) is 14.2 Å². The van der Waals surface area contributed by atoms with Gasteiger partial charge in [-0.25, -0.2) is 0 Å². The maximum atomic E-state index is 15.3. The van der Waals surface area contributed by atoms with Gasteiger partial charge in [-0.1, -0.05) is 0 Å². The zero-order chi connectivity index (χ0) is 45.1. The van der Waals surface area contributed by atoms with Gasteiger partial charge in [0.2, 0.25) is 0 Å². The van der Waals surface area contributed by atoms with Crippen LogP contribution >= 0.6 is 0 Å². The molecule has 0 spiro atoms. The molecule has 4 atom stereocenters. The van der Waals surface area contributed by atoms with Crippen LogP contribution < -0.4 is 0 Å². The highest BCUT2D eigenvalue weighted by molar-refractivity contribution is 5.34. The third-order valence-electron chi connectivity index (χ3n) is 7.18. The van der Waals surface area contributed by atoms with Crippen molar-refractivity contribution in [2.45, 2.75) is 107 Å². The van der Waals surface area contributed by atoms with Crippen molar-refractivity contribution in [3.8, 4) is 0 Å². The van der Waals surface area contributed by atoms with Crippen LogP contribution in [-0.4, -0.2) is 107 Å². The average Bonchev–Trinajstić information content (AvgIpc) is 3.64. The van der Waals surface area contributed by atoms with Crippen LogP contribution in [0.4, 0.5) is 149 Å². The van der Waals surface area contributed by atoms with Gasteiger partial charge in [-0.05, 0) is 0 Å². The molecule has 328 valence electrons. The molecule has 0 saturated carbocycles. The highest BCUT2D eigenvalue weighted by Crippen LogP contribution is 2.79. The summed E-state index contributed by atoms with van der Waals surface area (Å²) in [6, 6.07) is 0. The van der Waals surface area contributed by atoms with Crippen molar-refractivity contribution in [2.24, 2.45) is 0 Å². The Balaban J connectivity index is 3.75. The summed E-state index contributed by atoms with van der Waals surface area (Å²) in [6.07, 6.45) is -53.0. The summed E-state index contributed by atoms with van der Waals surface area (Å²) >= 11 is 0. The topological polar surface area (TPSA) is 34.3 Å². The minimum atomic E-state index is -10.7. The normalized spacial score (nSPS) is 27.4. The largest absolute Gasteiger partial charge is 0.460 e. The van der Waals surface area contributed by atoms with Gasteiger partial charge in [0.1, 0.15) is 0 Å². The molecule has 0 N–H and O–H groups in total. The first-order chi connectivity index (χ1) is 23.1. The number of hydrogen-bond donors (Lipinski definition) is 0. The molecule has 0 bridgehead atoms. The highest BCUT2D eigenvalue weighted by Gasteiger charge is 3.12. The van der Waals surface area contributed by atoms with E-state index in [4.69, 9.17) is 0 Å². The molecule has 2 fully saturated rings. The number of rotatable bonds is 12. The molecule has 2 rings (SSSR count). The van der Waals surface area contributed by atoms with Gasteiger partial charge in [0, 0.05) is 0 Å². The van der Waals surface area contributed by atoms with E-state index in [-0.39, 0.29) is 0 Å². The van der Waals surface area contributed by atoms with Gasteiger partial charge in [-0.15, -0.1) is 0 Å². The summed E-state index contributed by atoms with van der Waals surface area (Å²) in [4.78, 5) is 0. The first-order valence-corrected chi connectivity index (χ1v) is 11.7. The van der Waals surface area contributed by atoms with Gasteiger partial charge >= 0.3 is 96.0 Å². The van der Waals surface area contributed by atoms with Crippen LogP contribution in [0.15, 0.2) is 0 Å². The maximum Gasteiger partial charge on any atom is 0.460 e. The van der Waals surface area contributed by atoms with Gasteiger partial charge in [0.25, 0.3) is 11.2 Å². The second-order valence-corrected chi connectivity index (χ2v) is 10.5. The molecule has 0 amide bonds. The van der Waals surface area contributed by atoms with Crippen LogP contribution in [0.2, 0.25) is 0 Å². The standard InChI is InChI=1S/C18F34O3/c19-3(20,7(27,28)9(31,32)15(43,44)45)1(5(23,24)13(37,38)39,11(35)17(49,50)54-11)53-2(6(25,26)14(40,41)42,12(36)18(51,52)55-12)4(21,22)8(29,30)10(33,34)16(46,47)48. The van der Waals surface area contributed by atoms with Gasteiger partial charge < -0.3 is 4.74 Å². The molecular weight excluding hydrogens is 910 g/mol. The van der Waals surface area contributed by atoms with Crippen LogP contribution in [0.25, 0.3) is 0 Å². The summed E-state index contributed by atoms with van der Waals surface area (Å²) < 4.78 is 479. The summed E-state index contributed by atoms with van der Waals surface area (Å²) in [5.74, 6) is -99.6. The lowest BCUT2D eigenvalue weighted by molar-refractivity contribution is -0.534. The van der Waals surface area contributed by atoms with E-state index in [1.165, 1.54) is 9.47 Å². The second kappa shape index (κ2) is 11.2. The highest BCUT2D eigenvalue weighted by atomic mass is 19.5. The van der Waals surface area contributed by atoms with Crippen molar-refractivity contribution >= 4 is 0 Å². The number of ether oxygens (including phenoxy) is 3. The minimum Gasteiger partial charge on any atom is -0.332 e. The lowest BCUT2D eigenvalue weighted by Crippen LogP contribution is -2.88. The lowest BCUT2D eigenvalue weighted by atomic mass is 9.72. The van der Waals surface area contributed by atoms with Crippen molar-refractivity contribution in [2.75, 3.05) is 0 Å². The Morgan fingerprint density at radius 3 is 0.545 bits per heavy atom. The van der Waals surface area contributed by atoms with E-state index in [2.05, 4.69) is 0 Å². The molecule has 0 aromatic heterocycles. The summed E-state index contributed by atoms with van der Waals surface area (Å²) in [6.45, 7) is 0. The van der Waals surface area contributed by atoms with Crippen LogP contribution in [0, 0.1) is 0 Å². The predicted molar refractivity (Wildman–Crippen MR) is 90.1 cm³/mol. The fourth-order valence-corrected chi connectivity index (χ4v) is 4.27. The molecule has 3 nitrogen and oxygen atoms in total. The Hall–Kier alpha value is -2.50. The third-order valence-corrected chi connectivity index (χ3v) is 7.18. The van der Waals surface area contributed by atoms with E-state index >= 15 is 26.3 Å². The Bertz CT molecular complexity index is 1390. The molecule has 37 heteroatoms. The van der Waals surface area contributed by atoms with Crippen LogP contribution in [0.5, 0.6) is 0 Å². The lowest BCUT2D eigenvalue weighted by Gasteiger charge is -2.55. The quantitative estimate of drug-likeness (QED) is 0.145. The van der Waals surface area contributed by atoms with E-state index in [0.717, 1.165) is 4.74 Å². The Morgan fingerprint density at radius 1 is 0.255 bits per heavy atom. The molecule has 0 radical (unpaired) electrons. The molecule has 0 aromatic carbocycles. The summed E-state index contributed by atoms with van der Waals surface area (Å²) in [5, 5.41) is 0. The van der Waals surface area contributed by atoms with Crippen molar-refractivity contribution < 1.29 is 163 Å². The Morgan fingerprint density at radius 2 is 0.418 bits per heavy atom. The predicted octanol–water partition coefficient (Wildman–Crippen LogP) is 10.4. The molecule has 4 unspecified atom stereocenters. The summed E-state index contributed by atoms with van der Waals surface area (Å²) in [5.41, 5.74) is -21.4. The molecule has 2 saturated heterocycles. The maximum absolute atomic E-state index is 15.3. The minimum absolute atomic E-state index is 0.890. The monoisotopic (exact) mass is 910 g/mol. The van der Waals surface area contributed by atoms with Gasteiger partial charge in [-0.2, -0.15) is 149 Å². The van der Waals surface area contributed by atoms with Gasteiger partial charge in [0.15, 0.2) is 0 Å². The molecule has 2 aliphatic rings. The number of halogens is 34. The Labute approximate surface area is 272 Å². The van der Waals surface area contributed by atoms with Crippen molar-refractivity contribution in [1.29, 1.82) is 0 Å². The third kappa shape index (κ3) is 5.22. The van der Waals surface area contributed by atoms with Crippen LogP contribution in [0.3, 0.4) is 0 Å². The summed E-state index contributed by atoms with van der Waals surface area (Å²) in [7, 11) is 0. The molecule has 2 heterocycles. The average molecular weight is 910 g/mol. The first kappa shape index (κ1) is 48.6. The zero-order valence-electron chi connectivity index (χ0n) is 23.1. The Kier molecular flexibility index (Phi) is 9.87. The van der Waals surface area contributed by atoms with Gasteiger partial charge in [-0.3, -0.25) is 9.47 Å². The number of hydrogen-bond acceptors (Lipinski definition) is 3.